The number of hydrogen-bond acceptors (Lipinski definition) is 7. The molecular weight excluding hydrogens is 778 g/mol. The minimum Gasteiger partial charge on any atom is -0.434 e. The van der Waals surface area contributed by atoms with E-state index < -0.39 is 65.7 Å². The summed E-state index contributed by atoms with van der Waals surface area (Å²) in [5.74, 6) is -2.20. The van der Waals surface area contributed by atoms with E-state index in [1.54, 1.807) is 18.9 Å². The Kier molecular flexibility index (Phi) is 23.1. The second kappa shape index (κ2) is 25.9. The molecule has 1 fully saturated rings. The van der Waals surface area contributed by atoms with Crippen LogP contribution < -0.4 is 21.3 Å². The van der Waals surface area contributed by atoms with Crippen molar-refractivity contribution in [1.29, 1.82) is 0 Å². The summed E-state index contributed by atoms with van der Waals surface area (Å²) in [6.07, 6.45) is -0.561. The van der Waals surface area contributed by atoms with Crippen LogP contribution in [0.25, 0.3) is 0 Å². The van der Waals surface area contributed by atoms with Gasteiger partial charge in [0.05, 0.1) is 12.6 Å². The maximum atomic E-state index is 14.1. The number of amides is 5. The molecule has 5 amide bonds. The first kappa shape index (κ1) is 53.5. The number of hydrogen-bond donors (Lipinski definition) is 4. The molecule has 1 heterocycles. The Labute approximate surface area is 356 Å². The zero-order valence-corrected chi connectivity index (χ0v) is 37.7. The first-order valence-electron chi connectivity index (χ1n) is 21.6. The van der Waals surface area contributed by atoms with Gasteiger partial charge < -0.3 is 35.8 Å². The molecule has 1 saturated heterocycles. The molecule has 0 bridgehead atoms. The van der Waals surface area contributed by atoms with E-state index in [0.29, 0.717) is 37.9 Å². The highest BCUT2D eigenvalue weighted by Crippen LogP contribution is 2.33. The van der Waals surface area contributed by atoms with E-state index in [2.05, 4.69) is 34.4 Å². The van der Waals surface area contributed by atoms with Crippen LogP contribution in [-0.2, 0) is 23.9 Å². The van der Waals surface area contributed by atoms with Crippen LogP contribution in [0.2, 0.25) is 0 Å². The Hall–Kier alpha value is -4.56. The lowest BCUT2D eigenvalue weighted by Crippen LogP contribution is -2.57. The summed E-state index contributed by atoms with van der Waals surface area (Å²) in [6, 6.07) is 5.46. The standard InChI is InChI=1S/C43H67F3N6O6.C2H6/c1-11-14-16-20-29(5)35(50-41(57)58-42(8,9)43(44,45)46)40(56)52-25-19-23-34(52)38(54)49-33(26-28(4)13-3)31(7)37(53)47-27-30(6)48-36(32-21-17-15-18-22-32)39(55)51(10)24-12-2;1-2/h15,17-18,21-22,28-29,33-36,48H,6-7,11-14,16,19-20,23-27H2,1-5,8-10H3,(H,47,53)(H,49,54)(H,50,57);1-2H3. The van der Waals surface area contributed by atoms with Gasteiger partial charge in [0, 0.05) is 31.4 Å². The Bertz CT molecular complexity index is 1560. The number of unbranched alkanes of at least 4 members (excludes halogenated alkanes) is 2. The minimum absolute atomic E-state index is 0.0335. The predicted molar refractivity (Wildman–Crippen MR) is 230 cm³/mol. The lowest BCUT2D eigenvalue weighted by atomic mass is 9.93. The lowest BCUT2D eigenvalue weighted by molar-refractivity contribution is -0.244. The van der Waals surface area contributed by atoms with E-state index in [4.69, 9.17) is 4.74 Å². The van der Waals surface area contributed by atoms with Crippen LogP contribution >= 0.6 is 0 Å². The number of rotatable bonds is 23. The Morgan fingerprint density at radius 3 is 2.15 bits per heavy atom. The van der Waals surface area contributed by atoms with E-state index in [1.165, 1.54) is 4.90 Å². The molecule has 340 valence electrons. The third-order valence-corrected chi connectivity index (χ3v) is 10.7. The van der Waals surface area contributed by atoms with Gasteiger partial charge in [-0.05, 0) is 63.4 Å². The van der Waals surface area contributed by atoms with Gasteiger partial charge in [-0.2, -0.15) is 13.2 Å². The first-order valence-corrected chi connectivity index (χ1v) is 21.6. The van der Waals surface area contributed by atoms with Crippen molar-refractivity contribution >= 4 is 29.7 Å². The zero-order valence-electron chi connectivity index (χ0n) is 37.7. The van der Waals surface area contributed by atoms with Gasteiger partial charge in [0.2, 0.25) is 29.2 Å². The maximum Gasteiger partial charge on any atom is 0.427 e. The average Bonchev–Trinajstić information content (AvgIpc) is 3.71. The molecule has 0 saturated carbocycles. The van der Waals surface area contributed by atoms with Gasteiger partial charge >= 0.3 is 12.3 Å². The normalized spacial score (nSPS) is 16.4. The molecular formula is C45H73F3N6O6. The third kappa shape index (κ3) is 16.5. The number of carbonyl (C=O) groups excluding carboxylic acids is 5. The molecule has 60 heavy (non-hydrogen) atoms. The van der Waals surface area contributed by atoms with E-state index in [0.717, 1.165) is 51.5 Å². The monoisotopic (exact) mass is 851 g/mol. The molecule has 1 aliphatic heterocycles. The Morgan fingerprint density at radius 1 is 0.950 bits per heavy atom. The van der Waals surface area contributed by atoms with Crippen molar-refractivity contribution < 1.29 is 41.9 Å². The smallest absolute Gasteiger partial charge is 0.427 e. The average molecular weight is 851 g/mol. The van der Waals surface area contributed by atoms with Crippen molar-refractivity contribution in [3.8, 4) is 0 Å². The van der Waals surface area contributed by atoms with Crippen molar-refractivity contribution in [2.45, 2.75) is 156 Å². The van der Waals surface area contributed by atoms with E-state index in [1.807, 2.05) is 71.9 Å². The summed E-state index contributed by atoms with van der Waals surface area (Å²) in [6.45, 7) is 23.9. The fraction of sp³-hybridized carbons (Fsp3) is 0.667. The molecule has 12 nitrogen and oxygen atoms in total. The predicted octanol–water partition coefficient (Wildman–Crippen LogP) is 7.96. The molecule has 1 aromatic carbocycles. The van der Waals surface area contributed by atoms with Crippen molar-refractivity contribution in [1.82, 2.24) is 31.1 Å². The summed E-state index contributed by atoms with van der Waals surface area (Å²) in [5, 5.41) is 11.3. The van der Waals surface area contributed by atoms with Crippen LogP contribution in [0.15, 0.2) is 54.8 Å². The molecule has 2 rings (SSSR count). The van der Waals surface area contributed by atoms with E-state index in [9.17, 15) is 37.1 Å². The second-order valence-corrected chi connectivity index (χ2v) is 16.1. The number of halogens is 3. The van der Waals surface area contributed by atoms with Crippen LogP contribution in [0.4, 0.5) is 18.0 Å². The molecule has 1 aromatic rings. The molecule has 1 aliphatic rings. The van der Waals surface area contributed by atoms with Crippen LogP contribution in [0, 0.1) is 11.8 Å². The number of likely N-dealkylation sites (N-methyl/N-ethyl adjacent to an activating group) is 1. The molecule has 0 radical (unpaired) electrons. The number of benzene rings is 1. The highest BCUT2D eigenvalue weighted by molar-refractivity contribution is 5.96. The summed E-state index contributed by atoms with van der Waals surface area (Å²) < 4.78 is 45.3. The van der Waals surface area contributed by atoms with E-state index in [-0.39, 0.29) is 30.5 Å². The number of alkyl halides is 3. The second-order valence-electron chi connectivity index (χ2n) is 16.1. The fourth-order valence-corrected chi connectivity index (χ4v) is 6.70. The van der Waals surface area contributed by atoms with Gasteiger partial charge in [-0.15, -0.1) is 0 Å². The lowest BCUT2D eigenvalue weighted by Gasteiger charge is -2.34. The van der Waals surface area contributed by atoms with Gasteiger partial charge in [0.25, 0.3) is 0 Å². The summed E-state index contributed by atoms with van der Waals surface area (Å²) in [5.41, 5.74) is -1.59. The maximum absolute atomic E-state index is 14.1. The summed E-state index contributed by atoms with van der Waals surface area (Å²) in [7, 11) is 1.73. The highest BCUT2D eigenvalue weighted by atomic mass is 19.4. The molecule has 6 unspecified atom stereocenters. The van der Waals surface area contributed by atoms with Gasteiger partial charge in [-0.3, -0.25) is 19.2 Å². The van der Waals surface area contributed by atoms with Gasteiger partial charge in [-0.25, -0.2) is 4.79 Å². The number of carbonyl (C=O) groups is 5. The SMILES string of the molecule is C=C(CNC(=O)C(=C)C(CC(C)CC)NC(=O)C1CCCN1C(=O)C(NC(=O)OC(C)(C)C(F)(F)F)C(C)CCCCC)NC(C(=O)N(C)CCC)c1ccccc1.CC. The number of nitrogens with zero attached hydrogens (tertiary/aromatic N) is 2. The molecule has 15 heteroatoms. The topological polar surface area (TPSA) is 149 Å². The highest BCUT2D eigenvalue weighted by Gasteiger charge is 2.51. The number of nitrogens with one attached hydrogen (secondary N) is 4. The Balaban J connectivity index is 0.00000886. The van der Waals surface area contributed by atoms with Crippen LogP contribution in [0.5, 0.6) is 0 Å². The van der Waals surface area contributed by atoms with Gasteiger partial charge in [-0.1, -0.05) is 118 Å². The largest absolute Gasteiger partial charge is 0.434 e. The van der Waals surface area contributed by atoms with Crippen LogP contribution in [0.1, 0.15) is 132 Å². The fourth-order valence-electron chi connectivity index (χ4n) is 6.70. The number of ether oxygens (including phenoxy) is 1. The molecule has 4 N–H and O–H groups in total. The Morgan fingerprint density at radius 2 is 1.58 bits per heavy atom. The number of alkyl carbamates (subject to hydrolysis) is 1. The van der Waals surface area contributed by atoms with Crippen molar-refractivity contribution in [3.05, 3.63) is 60.3 Å². The van der Waals surface area contributed by atoms with E-state index >= 15 is 0 Å². The van der Waals surface area contributed by atoms with Gasteiger partial charge in [0.15, 0.2) is 0 Å². The van der Waals surface area contributed by atoms with Crippen molar-refractivity contribution in [2.75, 3.05) is 26.7 Å². The molecule has 0 aliphatic carbocycles. The minimum atomic E-state index is -4.84. The van der Waals surface area contributed by atoms with Crippen LogP contribution in [-0.4, -0.2) is 96.1 Å². The summed E-state index contributed by atoms with van der Waals surface area (Å²) >= 11 is 0. The van der Waals surface area contributed by atoms with Crippen molar-refractivity contribution in [2.24, 2.45) is 11.8 Å². The van der Waals surface area contributed by atoms with Crippen LogP contribution in [0.3, 0.4) is 0 Å². The summed E-state index contributed by atoms with van der Waals surface area (Å²) in [4.78, 5) is 70.9. The molecule has 0 aromatic heterocycles. The zero-order chi connectivity index (χ0) is 45.8. The molecule has 0 spiro atoms. The third-order valence-electron chi connectivity index (χ3n) is 10.7. The van der Waals surface area contributed by atoms with Gasteiger partial charge in [0.1, 0.15) is 18.1 Å². The quantitative estimate of drug-likeness (QED) is 0.0645. The molecule has 6 atom stereocenters. The first-order chi connectivity index (χ1) is 28.2. The number of likely N-dealkylation sites (tertiary alicyclic amines) is 1. The van der Waals surface area contributed by atoms with Crippen molar-refractivity contribution in [3.63, 3.8) is 0 Å².